The van der Waals surface area contributed by atoms with E-state index in [-0.39, 0.29) is 48.0 Å². The van der Waals surface area contributed by atoms with E-state index < -0.39 is 64.7 Å². The van der Waals surface area contributed by atoms with Gasteiger partial charge in [-0.3, -0.25) is 28.8 Å². The Kier molecular flexibility index (Phi) is 20.3. The Morgan fingerprint density at radius 3 is 2.03 bits per heavy atom. The number of carboxylic acid groups (broad SMARTS) is 1. The molecule has 3 aromatic rings. The largest absolute Gasteiger partial charge is 0.478 e. The Balaban J connectivity index is 1.35. The third-order valence-electron chi connectivity index (χ3n) is 13.5. The Morgan fingerprint density at radius 2 is 1.40 bits per heavy atom. The number of para-hydroxylation sites is 1. The topological polar surface area (TPSA) is 206 Å². The lowest BCUT2D eigenvalue weighted by Gasteiger charge is -2.40. The van der Waals surface area contributed by atoms with Crippen LogP contribution in [0.1, 0.15) is 131 Å². The fourth-order valence-corrected chi connectivity index (χ4v) is 9.07. The number of anilines is 2. The molecule has 3 aromatic carbocycles. The summed E-state index contributed by atoms with van der Waals surface area (Å²) < 4.78 is 0. The molecule has 6 N–H and O–H groups in total. The summed E-state index contributed by atoms with van der Waals surface area (Å²) in [7, 11) is 3.27. The van der Waals surface area contributed by atoms with Crippen molar-refractivity contribution in [2.75, 3.05) is 24.3 Å². The summed E-state index contributed by atoms with van der Waals surface area (Å²) in [5, 5.41) is 24.1. The first-order valence-corrected chi connectivity index (χ1v) is 25.0. The fraction of sp³-hybridized carbons (Fsp3) is 0.491. The molecule has 0 radical (unpaired) electrons. The summed E-state index contributed by atoms with van der Waals surface area (Å²) in [6.07, 6.45) is 4.93. The van der Waals surface area contributed by atoms with Gasteiger partial charge in [0.05, 0.1) is 24.3 Å². The number of rotatable bonds is 21. The summed E-state index contributed by atoms with van der Waals surface area (Å²) in [6.45, 7) is 22.3. The molecule has 0 aliphatic carbocycles. The van der Waals surface area contributed by atoms with Crippen LogP contribution >= 0.6 is 0 Å². The number of allylic oxidation sites excluding steroid dienone is 1. The third-order valence-corrected chi connectivity index (χ3v) is 13.5. The zero-order valence-corrected chi connectivity index (χ0v) is 44.9. The van der Waals surface area contributed by atoms with Crippen LogP contribution in [0.5, 0.6) is 0 Å². The number of nitrogens with zero attached hydrogens (tertiary/aromatic N) is 2. The average molecular weight is 990 g/mol. The molecule has 0 unspecified atom stereocenters. The summed E-state index contributed by atoms with van der Waals surface area (Å²) in [5.41, 5.74) is 4.72. The van der Waals surface area contributed by atoms with E-state index in [2.05, 4.69) is 45.7 Å². The maximum absolute atomic E-state index is 14.2. The Labute approximate surface area is 427 Å². The SMILES string of the molecule is CN[C@@H](C(=O)N[C@H](C(=O)N(C)[C@H](/C=C(\C)C(=O)O)C(C)C)C(C)(C)C)C(C)(C)c1cccc(NC(=O)[C@H](C)NC(=O)[C@@H](NC(=O)CCCCC(=O)N2Cc3ccccc3/C(C)=C\c3ccccc32)C(C)C)c1. The smallest absolute Gasteiger partial charge is 0.331 e. The number of nitrogens with one attached hydrogen (secondary N) is 5. The van der Waals surface area contributed by atoms with Crippen molar-refractivity contribution in [1.82, 2.24) is 26.2 Å². The number of carboxylic acids is 1. The van der Waals surface area contributed by atoms with Gasteiger partial charge in [0.25, 0.3) is 0 Å². The van der Waals surface area contributed by atoms with Gasteiger partial charge in [-0.25, -0.2) is 4.79 Å². The van der Waals surface area contributed by atoms with Crippen molar-refractivity contribution < 1.29 is 38.7 Å². The van der Waals surface area contributed by atoms with Crippen molar-refractivity contribution in [3.8, 4) is 0 Å². The minimum Gasteiger partial charge on any atom is -0.478 e. The molecule has 1 heterocycles. The summed E-state index contributed by atoms with van der Waals surface area (Å²) in [6, 6.07) is 18.7. The number of fused-ring (bicyclic) bond motifs is 2. The average Bonchev–Trinajstić information content (AvgIpc) is 3.31. The van der Waals surface area contributed by atoms with Crippen LogP contribution in [-0.2, 0) is 45.5 Å². The molecule has 4 rings (SSSR count). The van der Waals surface area contributed by atoms with Gasteiger partial charge in [-0.1, -0.05) is 123 Å². The van der Waals surface area contributed by atoms with E-state index in [1.165, 1.54) is 11.8 Å². The van der Waals surface area contributed by atoms with Crippen molar-refractivity contribution in [1.29, 1.82) is 0 Å². The van der Waals surface area contributed by atoms with E-state index in [4.69, 9.17) is 0 Å². The quantitative estimate of drug-likeness (QED) is 0.0454. The van der Waals surface area contributed by atoms with Gasteiger partial charge in [0.2, 0.25) is 35.4 Å². The molecule has 15 nitrogen and oxygen atoms in total. The van der Waals surface area contributed by atoms with Gasteiger partial charge < -0.3 is 41.5 Å². The van der Waals surface area contributed by atoms with E-state index in [0.717, 1.165) is 28.0 Å². The first-order valence-electron chi connectivity index (χ1n) is 25.0. The minimum absolute atomic E-state index is 0.0390. The summed E-state index contributed by atoms with van der Waals surface area (Å²) in [4.78, 5) is 97.5. The highest BCUT2D eigenvalue weighted by molar-refractivity contribution is 6.00. The van der Waals surface area contributed by atoms with E-state index in [0.29, 0.717) is 30.6 Å². The van der Waals surface area contributed by atoms with Crippen LogP contribution in [0.25, 0.3) is 11.6 Å². The van der Waals surface area contributed by atoms with Gasteiger partial charge in [0.15, 0.2) is 0 Å². The molecule has 1 aliphatic rings. The second-order valence-electron chi connectivity index (χ2n) is 21.4. The van der Waals surface area contributed by atoms with Crippen molar-refractivity contribution in [2.45, 2.75) is 151 Å². The predicted molar refractivity (Wildman–Crippen MR) is 286 cm³/mol. The van der Waals surface area contributed by atoms with Crippen LogP contribution in [0, 0.1) is 17.3 Å². The van der Waals surface area contributed by atoms with E-state index >= 15 is 0 Å². The highest BCUT2D eigenvalue weighted by atomic mass is 16.4. The first-order chi connectivity index (χ1) is 33.7. The number of hydrogen-bond donors (Lipinski definition) is 6. The van der Waals surface area contributed by atoms with Crippen LogP contribution in [0.15, 0.2) is 84.4 Å². The molecular formula is C57H79N7O8. The lowest BCUT2D eigenvalue weighted by Crippen LogP contribution is -2.61. The molecule has 0 saturated carbocycles. The van der Waals surface area contributed by atoms with E-state index in [9.17, 15) is 38.7 Å². The Hall–Kier alpha value is -6.61. The maximum Gasteiger partial charge on any atom is 0.331 e. The number of likely N-dealkylation sites (N-methyl/N-ethyl adjacent to an activating group) is 2. The van der Waals surface area contributed by atoms with Crippen molar-refractivity contribution >= 4 is 64.4 Å². The Morgan fingerprint density at radius 1 is 0.764 bits per heavy atom. The fourth-order valence-electron chi connectivity index (χ4n) is 9.07. The first kappa shape index (κ1) is 58.0. The van der Waals surface area contributed by atoms with Crippen molar-refractivity contribution in [2.24, 2.45) is 17.3 Å². The van der Waals surface area contributed by atoms with Crippen LogP contribution in [0.2, 0.25) is 0 Å². The molecule has 0 saturated heterocycles. The van der Waals surface area contributed by atoms with Gasteiger partial charge in [-0.2, -0.15) is 0 Å². The van der Waals surface area contributed by atoms with Crippen molar-refractivity contribution in [3.63, 3.8) is 0 Å². The van der Waals surface area contributed by atoms with E-state index in [1.54, 1.807) is 59.1 Å². The monoisotopic (exact) mass is 990 g/mol. The number of hydrogen-bond acceptors (Lipinski definition) is 8. The van der Waals surface area contributed by atoms with Crippen molar-refractivity contribution in [3.05, 3.63) is 107 Å². The molecule has 0 bridgehead atoms. The van der Waals surface area contributed by atoms with E-state index in [1.807, 2.05) is 102 Å². The molecule has 0 aromatic heterocycles. The second kappa shape index (κ2) is 25.2. The summed E-state index contributed by atoms with van der Waals surface area (Å²) in [5.74, 6) is -3.67. The molecule has 1 aliphatic heterocycles. The normalized spacial score (nSPS) is 15.8. The predicted octanol–water partition coefficient (Wildman–Crippen LogP) is 7.85. The van der Waals surface area contributed by atoms with Crippen LogP contribution in [0.3, 0.4) is 0 Å². The molecule has 6 amide bonds. The Bertz CT molecular complexity index is 2520. The maximum atomic E-state index is 14.2. The number of unbranched alkanes of at least 4 members (excludes halogenated alkanes) is 1. The summed E-state index contributed by atoms with van der Waals surface area (Å²) >= 11 is 0. The van der Waals surface area contributed by atoms with Crippen LogP contribution < -0.4 is 31.5 Å². The number of amides is 6. The molecule has 0 spiro atoms. The number of carbonyl (C=O) groups excluding carboxylic acids is 6. The van der Waals surface area contributed by atoms with Gasteiger partial charge >= 0.3 is 5.97 Å². The zero-order valence-electron chi connectivity index (χ0n) is 44.9. The van der Waals surface area contributed by atoms with Gasteiger partial charge in [0, 0.05) is 36.6 Å². The molecule has 5 atom stereocenters. The second-order valence-corrected chi connectivity index (χ2v) is 21.4. The molecular weight excluding hydrogens is 911 g/mol. The third kappa shape index (κ3) is 15.0. The number of benzene rings is 3. The highest BCUT2D eigenvalue weighted by Crippen LogP contribution is 2.34. The molecule has 0 fully saturated rings. The number of aliphatic carboxylic acids is 1. The van der Waals surface area contributed by atoms with Gasteiger partial charge in [-0.05, 0) is 110 Å². The molecule has 72 heavy (non-hydrogen) atoms. The lowest BCUT2D eigenvalue weighted by atomic mass is 9.76. The standard InChI is InChI=1S/C57H79N7O8/c1-34(2)45(31-37(6)55(71)72)63(14)54(70)50(56(8,9)10)62-53(69)49(58-13)57(11,12)41-24-21-25-42(32-41)60-51(67)38(7)59-52(68)48(35(3)4)61-46(65)28-19-20-29-47(66)64-33-40-23-15-17-26-43(40)36(5)30-39-22-16-18-27-44(39)64/h15-18,21-27,30-32,34-35,38,45,48-50,58H,19-20,28-29,33H2,1-14H3,(H,59,68)(H,60,67)(H,61,65)(H,62,69)(H,71,72)/b36-30-,37-31+/t38-,45+,48-,49-,50+/m0/s1. The molecule has 390 valence electrons. The lowest BCUT2D eigenvalue weighted by molar-refractivity contribution is -0.141. The molecule has 15 heteroatoms. The highest BCUT2D eigenvalue weighted by Gasteiger charge is 2.42. The number of carbonyl (C=O) groups is 7. The zero-order chi connectivity index (χ0) is 53.8. The van der Waals surface area contributed by atoms with Crippen LogP contribution in [0.4, 0.5) is 11.4 Å². The van der Waals surface area contributed by atoms with Gasteiger partial charge in [-0.15, -0.1) is 0 Å². The minimum atomic E-state index is -1.08. The van der Waals surface area contributed by atoms with Gasteiger partial charge in [0.1, 0.15) is 18.1 Å². The van der Waals surface area contributed by atoms with Crippen LogP contribution in [-0.4, -0.2) is 95.7 Å².